The average Bonchev–Trinajstić information content (AvgIpc) is 2.63. The summed E-state index contributed by atoms with van der Waals surface area (Å²) in [5.74, 6) is -0.902. The van der Waals surface area contributed by atoms with Gasteiger partial charge in [-0.15, -0.1) is 0 Å². The molecule has 8 heteroatoms. The topological polar surface area (TPSA) is 60.9 Å². The van der Waals surface area contributed by atoms with Gasteiger partial charge in [-0.2, -0.15) is 0 Å². The van der Waals surface area contributed by atoms with E-state index in [9.17, 15) is 14.7 Å². The fourth-order valence-corrected chi connectivity index (χ4v) is 3.57. The summed E-state index contributed by atoms with van der Waals surface area (Å²) in [6.45, 7) is 2.11. The number of amides is 2. The molecule has 0 aliphatic carbocycles. The van der Waals surface area contributed by atoms with Gasteiger partial charge in [0.25, 0.3) is 11.8 Å². The van der Waals surface area contributed by atoms with Crippen molar-refractivity contribution in [2.45, 2.75) is 6.92 Å². The van der Waals surface area contributed by atoms with Crippen molar-refractivity contribution in [2.75, 3.05) is 11.4 Å². The van der Waals surface area contributed by atoms with Gasteiger partial charge in [-0.3, -0.25) is 19.4 Å². The van der Waals surface area contributed by atoms with E-state index in [-0.39, 0.29) is 16.4 Å². The lowest BCUT2D eigenvalue weighted by atomic mass is 10.1. The summed E-state index contributed by atoms with van der Waals surface area (Å²) in [5.41, 5.74) is 1.10. The molecule has 5 nitrogen and oxygen atoms in total. The Hall–Kier alpha value is -2.22. The molecule has 1 heterocycles. The van der Waals surface area contributed by atoms with Crippen molar-refractivity contribution in [3.8, 4) is 5.75 Å². The Morgan fingerprint density at radius 1 is 1.15 bits per heavy atom. The van der Waals surface area contributed by atoms with Gasteiger partial charge in [0.1, 0.15) is 11.3 Å². The second-order valence-corrected chi connectivity index (χ2v) is 7.37. The van der Waals surface area contributed by atoms with E-state index >= 15 is 0 Å². The zero-order valence-corrected chi connectivity index (χ0v) is 17.3. The summed E-state index contributed by atoms with van der Waals surface area (Å²) < 4.78 is 0.463. The number of hydrogen-bond acceptors (Lipinski definition) is 4. The van der Waals surface area contributed by atoms with Crippen molar-refractivity contribution in [3.63, 3.8) is 0 Å². The quantitative estimate of drug-likeness (QED) is 0.415. The van der Waals surface area contributed by atoms with Crippen LogP contribution in [-0.2, 0) is 9.59 Å². The Labute approximate surface area is 175 Å². The number of phenols is 1. The maximum absolute atomic E-state index is 13.1. The van der Waals surface area contributed by atoms with E-state index in [2.05, 4.69) is 15.9 Å². The first-order chi connectivity index (χ1) is 12.8. The number of likely N-dealkylation sites (N-methyl/N-ethyl adjacent to an activating group) is 1. The maximum atomic E-state index is 13.1. The first-order valence-electron chi connectivity index (χ1n) is 7.99. The molecule has 0 bridgehead atoms. The second-order valence-electron chi connectivity index (χ2n) is 5.72. The molecular formula is C19H14BrClN2O3S. The van der Waals surface area contributed by atoms with E-state index in [1.165, 1.54) is 21.9 Å². The smallest absolute Gasteiger partial charge is 0.270 e. The number of phenolic OH excluding ortho intramolecular Hbond substituents is 1. The Morgan fingerprint density at radius 2 is 1.81 bits per heavy atom. The van der Waals surface area contributed by atoms with Crippen LogP contribution in [-0.4, -0.2) is 33.5 Å². The van der Waals surface area contributed by atoms with Gasteiger partial charge in [0.15, 0.2) is 5.11 Å². The predicted molar refractivity (Wildman–Crippen MR) is 113 cm³/mol. The van der Waals surface area contributed by atoms with Crippen molar-refractivity contribution >= 4 is 68.4 Å². The van der Waals surface area contributed by atoms with Crippen molar-refractivity contribution in [1.82, 2.24) is 4.90 Å². The normalized spacial score (nSPS) is 16.4. The predicted octanol–water partition coefficient (Wildman–Crippen LogP) is 4.37. The highest BCUT2D eigenvalue weighted by Gasteiger charge is 2.39. The van der Waals surface area contributed by atoms with Gasteiger partial charge in [0.05, 0.1) is 10.2 Å². The Morgan fingerprint density at radius 3 is 2.41 bits per heavy atom. The van der Waals surface area contributed by atoms with Crippen molar-refractivity contribution in [3.05, 3.63) is 63.1 Å². The number of benzene rings is 2. The molecule has 0 aromatic heterocycles. The van der Waals surface area contributed by atoms with E-state index in [0.29, 0.717) is 27.3 Å². The number of nitrogens with zero attached hydrogens (tertiary/aromatic N) is 2. The third-order valence-electron chi connectivity index (χ3n) is 4.02. The fourth-order valence-electron chi connectivity index (χ4n) is 2.65. The minimum absolute atomic E-state index is 0.0158. The van der Waals surface area contributed by atoms with Crippen LogP contribution >= 0.6 is 39.7 Å². The molecule has 27 heavy (non-hydrogen) atoms. The number of thiocarbonyl (C=S) groups is 1. The number of rotatable bonds is 3. The molecule has 1 saturated heterocycles. The number of anilines is 1. The van der Waals surface area contributed by atoms with E-state index in [1.807, 2.05) is 0 Å². The fraction of sp³-hybridized carbons (Fsp3) is 0.105. The molecule has 1 aliphatic heterocycles. The monoisotopic (exact) mass is 464 g/mol. The molecule has 2 amide bonds. The molecule has 2 aromatic carbocycles. The van der Waals surface area contributed by atoms with Crippen LogP contribution < -0.4 is 4.90 Å². The lowest BCUT2D eigenvalue weighted by molar-refractivity contribution is -0.127. The molecular weight excluding hydrogens is 452 g/mol. The summed E-state index contributed by atoms with van der Waals surface area (Å²) in [5, 5.41) is 10.3. The highest BCUT2D eigenvalue weighted by atomic mass is 79.9. The first kappa shape index (κ1) is 19.5. The summed E-state index contributed by atoms with van der Waals surface area (Å²) in [7, 11) is 0. The van der Waals surface area contributed by atoms with Gasteiger partial charge in [-0.25, -0.2) is 0 Å². The van der Waals surface area contributed by atoms with Crippen LogP contribution in [0.2, 0.25) is 5.02 Å². The molecule has 138 valence electrons. The molecule has 3 rings (SSSR count). The molecule has 0 atom stereocenters. The standard InChI is InChI=1S/C19H14BrClN2O3S/c1-2-22-17(25)14(9-11-3-8-16(24)15(20)10-11)18(26)23(19(22)27)13-6-4-12(21)5-7-13/h3-10,24H,2H2,1H3/b14-9+. The van der Waals surface area contributed by atoms with Crippen LogP contribution in [0.4, 0.5) is 5.69 Å². The summed E-state index contributed by atoms with van der Waals surface area (Å²) in [6.07, 6.45) is 1.49. The van der Waals surface area contributed by atoms with Crippen LogP contribution in [0.5, 0.6) is 5.75 Å². The Bertz CT molecular complexity index is 975. The molecule has 0 unspecified atom stereocenters. The molecule has 2 aromatic rings. The summed E-state index contributed by atoms with van der Waals surface area (Å²) in [6, 6.07) is 11.4. The van der Waals surface area contributed by atoms with Crippen molar-refractivity contribution < 1.29 is 14.7 Å². The Kier molecular flexibility index (Phi) is 5.64. The number of carbonyl (C=O) groups is 2. The van der Waals surface area contributed by atoms with Gasteiger partial charge in [0, 0.05) is 11.6 Å². The molecule has 0 spiro atoms. The van der Waals surface area contributed by atoms with E-state index < -0.39 is 11.8 Å². The molecule has 1 fully saturated rings. The number of hydrogen-bond donors (Lipinski definition) is 1. The zero-order valence-electron chi connectivity index (χ0n) is 14.1. The van der Waals surface area contributed by atoms with Crippen LogP contribution in [0, 0.1) is 0 Å². The molecule has 0 radical (unpaired) electrons. The zero-order chi connectivity index (χ0) is 19.7. The van der Waals surface area contributed by atoms with Crippen LogP contribution in [0.1, 0.15) is 12.5 Å². The van der Waals surface area contributed by atoms with Crippen molar-refractivity contribution in [1.29, 1.82) is 0 Å². The van der Waals surface area contributed by atoms with Gasteiger partial charge in [-0.05, 0) is 83.1 Å². The molecule has 0 saturated carbocycles. The second kappa shape index (κ2) is 7.80. The molecule has 1 aliphatic rings. The van der Waals surface area contributed by atoms with Gasteiger partial charge in [-0.1, -0.05) is 17.7 Å². The maximum Gasteiger partial charge on any atom is 0.270 e. The third-order valence-corrected chi connectivity index (χ3v) is 5.31. The number of halogens is 2. The highest BCUT2D eigenvalue weighted by Crippen LogP contribution is 2.29. The number of aromatic hydroxyl groups is 1. The van der Waals surface area contributed by atoms with E-state index in [1.54, 1.807) is 43.3 Å². The highest BCUT2D eigenvalue weighted by molar-refractivity contribution is 9.10. The largest absolute Gasteiger partial charge is 0.507 e. The third kappa shape index (κ3) is 3.76. The SMILES string of the molecule is CCN1C(=O)/C(=C\c2ccc(O)c(Br)c2)C(=O)N(c2ccc(Cl)cc2)C1=S. The summed E-state index contributed by atoms with van der Waals surface area (Å²) in [4.78, 5) is 28.6. The van der Waals surface area contributed by atoms with Gasteiger partial charge in [0.2, 0.25) is 0 Å². The van der Waals surface area contributed by atoms with Crippen LogP contribution in [0.3, 0.4) is 0 Å². The lowest BCUT2D eigenvalue weighted by Gasteiger charge is -2.36. The average molecular weight is 466 g/mol. The minimum Gasteiger partial charge on any atom is -0.507 e. The van der Waals surface area contributed by atoms with E-state index in [4.69, 9.17) is 23.8 Å². The van der Waals surface area contributed by atoms with E-state index in [0.717, 1.165) is 0 Å². The first-order valence-corrected chi connectivity index (χ1v) is 9.57. The van der Waals surface area contributed by atoms with Crippen LogP contribution in [0.15, 0.2) is 52.5 Å². The van der Waals surface area contributed by atoms with Gasteiger partial charge < -0.3 is 5.11 Å². The van der Waals surface area contributed by atoms with Crippen LogP contribution in [0.25, 0.3) is 6.08 Å². The lowest BCUT2D eigenvalue weighted by Crippen LogP contribution is -2.56. The molecule has 1 N–H and O–H groups in total. The van der Waals surface area contributed by atoms with Gasteiger partial charge >= 0.3 is 0 Å². The minimum atomic E-state index is -0.513. The van der Waals surface area contributed by atoms with Crippen molar-refractivity contribution in [2.24, 2.45) is 0 Å². The summed E-state index contributed by atoms with van der Waals surface area (Å²) >= 11 is 14.5. The number of carbonyl (C=O) groups excluding carboxylic acids is 2. The Balaban J connectivity index is 2.09.